The van der Waals surface area contributed by atoms with Gasteiger partial charge in [0.1, 0.15) is 0 Å². The molecule has 2 aromatic heterocycles. The first-order valence-electron chi connectivity index (χ1n) is 13.9. The standard InChI is InChI=1S/C29H40N6O4S2/c1-9-40(36,37)32-26-20-11-10-12-22(28(2,3)4)25(20)35(31-26)17-18-15-21-24(23(16-18)29(5,6)7)34(8)30-27(21)33-41(38,39)19-13-14-19/h10-12,15-16,19H,9,13-14,17H2,1-8H3,(H,30,33)(H,31,32). The molecule has 1 fully saturated rings. The highest BCUT2D eigenvalue weighted by Gasteiger charge is 2.37. The molecule has 0 bridgehead atoms. The molecule has 4 aromatic rings. The first-order chi connectivity index (χ1) is 18.9. The van der Waals surface area contributed by atoms with E-state index in [1.165, 1.54) is 0 Å². The number of anilines is 2. The topological polar surface area (TPSA) is 128 Å². The minimum atomic E-state index is -3.55. The number of hydrogen-bond acceptors (Lipinski definition) is 6. The lowest BCUT2D eigenvalue weighted by molar-refractivity contribution is 0.584. The van der Waals surface area contributed by atoms with E-state index < -0.39 is 20.0 Å². The highest BCUT2D eigenvalue weighted by atomic mass is 32.2. The van der Waals surface area contributed by atoms with Crippen molar-refractivity contribution in [2.75, 3.05) is 15.2 Å². The second kappa shape index (κ2) is 9.72. The van der Waals surface area contributed by atoms with E-state index in [1.54, 1.807) is 11.6 Å². The number of aromatic nitrogens is 4. The summed E-state index contributed by atoms with van der Waals surface area (Å²) in [6.07, 6.45) is 1.32. The third-order valence-electron chi connectivity index (χ3n) is 7.55. The Morgan fingerprint density at radius 3 is 2.07 bits per heavy atom. The molecule has 0 saturated heterocycles. The molecule has 0 amide bonds. The van der Waals surface area contributed by atoms with Crippen LogP contribution in [0, 0.1) is 0 Å². The van der Waals surface area contributed by atoms with E-state index in [-0.39, 0.29) is 21.8 Å². The number of fused-ring (bicyclic) bond motifs is 2. The van der Waals surface area contributed by atoms with Crippen molar-refractivity contribution in [2.24, 2.45) is 7.05 Å². The average Bonchev–Trinajstić information content (AvgIpc) is 3.62. The van der Waals surface area contributed by atoms with E-state index in [2.05, 4.69) is 62.2 Å². The van der Waals surface area contributed by atoms with Crippen molar-refractivity contribution in [3.05, 3.63) is 47.0 Å². The Morgan fingerprint density at radius 2 is 1.49 bits per heavy atom. The average molecular weight is 601 g/mol. The SMILES string of the molecule is CCS(=O)(=O)Nc1nn(Cc2cc(C(C)(C)C)c3c(c2)c(NS(=O)(=O)C2CC2)nn3C)c2c(C(C)(C)C)cccc12. The summed E-state index contributed by atoms with van der Waals surface area (Å²) in [5.74, 6) is 0.551. The Morgan fingerprint density at radius 1 is 0.854 bits per heavy atom. The number of hydrogen-bond donors (Lipinski definition) is 2. The van der Waals surface area contributed by atoms with Gasteiger partial charge in [0.15, 0.2) is 11.6 Å². The van der Waals surface area contributed by atoms with E-state index >= 15 is 0 Å². The molecule has 2 heterocycles. The molecule has 2 aromatic carbocycles. The minimum absolute atomic E-state index is 0.0630. The molecular formula is C29H40N6O4S2. The molecule has 41 heavy (non-hydrogen) atoms. The van der Waals surface area contributed by atoms with Crippen molar-refractivity contribution in [3.8, 4) is 0 Å². The summed E-state index contributed by atoms with van der Waals surface area (Å²) in [5.41, 5.74) is 4.20. The van der Waals surface area contributed by atoms with Crippen LogP contribution in [0.25, 0.3) is 21.8 Å². The maximum atomic E-state index is 12.9. The summed E-state index contributed by atoms with van der Waals surface area (Å²) in [5, 5.41) is 10.4. The Bertz CT molecular complexity index is 1870. The molecule has 0 unspecified atom stereocenters. The number of nitrogens with zero attached hydrogens (tertiary/aromatic N) is 4. The van der Waals surface area contributed by atoms with Crippen LogP contribution >= 0.6 is 0 Å². The van der Waals surface area contributed by atoms with Crippen molar-refractivity contribution < 1.29 is 16.8 Å². The molecule has 222 valence electrons. The fourth-order valence-corrected chi connectivity index (χ4v) is 7.17. The Balaban J connectivity index is 1.71. The van der Waals surface area contributed by atoms with Gasteiger partial charge in [0.25, 0.3) is 0 Å². The monoisotopic (exact) mass is 600 g/mol. The van der Waals surface area contributed by atoms with Gasteiger partial charge in [0, 0.05) is 17.8 Å². The highest BCUT2D eigenvalue weighted by molar-refractivity contribution is 7.93. The van der Waals surface area contributed by atoms with Gasteiger partial charge < -0.3 is 0 Å². The first-order valence-corrected chi connectivity index (χ1v) is 17.1. The van der Waals surface area contributed by atoms with Crippen LogP contribution in [-0.2, 0) is 44.5 Å². The molecule has 0 spiro atoms. The van der Waals surface area contributed by atoms with Crippen LogP contribution < -0.4 is 9.44 Å². The van der Waals surface area contributed by atoms with E-state index in [9.17, 15) is 16.8 Å². The van der Waals surface area contributed by atoms with Gasteiger partial charge in [-0.25, -0.2) is 16.8 Å². The van der Waals surface area contributed by atoms with Gasteiger partial charge in [-0.2, -0.15) is 10.2 Å². The second-order valence-electron chi connectivity index (χ2n) is 13.1. The predicted octanol–water partition coefficient (Wildman–Crippen LogP) is 5.23. The lowest BCUT2D eigenvalue weighted by atomic mass is 9.84. The third kappa shape index (κ3) is 5.68. The normalized spacial score (nSPS) is 15.1. The van der Waals surface area contributed by atoms with E-state index in [0.717, 1.165) is 38.5 Å². The Kier molecular flexibility index (Phi) is 6.97. The van der Waals surface area contributed by atoms with Crippen molar-refractivity contribution >= 4 is 53.5 Å². The van der Waals surface area contributed by atoms with Crippen molar-refractivity contribution in [1.29, 1.82) is 0 Å². The number of para-hydroxylation sites is 1. The summed E-state index contributed by atoms with van der Waals surface area (Å²) in [6, 6.07) is 9.94. The van der Waals surface area contributed by atoms with Crippen LogP contribution in [0.15, 0.2) is 30.3 Å². The Labute approximate surface area is 242 Å². The lowest BCUT2D eigenvalue weighted by Gasteiger charge is -2.23. The summed E-state index contributed by atoms with van der Waals surface area (Å²) >= 11 is 0. The molecule has 1 saturated carbocycles. The molecular weight excluding hydrogens is 560 g/mol. The second-order valence-corrected chi connectivity index (χ2v) is 17.0. The number of benzene rings is 2. The fraction of sp³-hybridized carbons (Fsp3) is 0.517. The van der Waals surface area contributed by atoms with E-state index in [1.807, 2.05) is 36.0 Å². The van der Waals surface area contributed by atoms with E-state index in [0.29, 0.717) is 31.0 Å². The van der Waals surface area contributed by atoms with Crippen LogP contribution in [0.5, 0.6) is 0 Å². The molecule has 1 aliphatic carbocycles. The smallest absolute Gasteiger partial charge is 0.236 e. The molecule has 10 nitrogen and oxygen atoms in total. The maximum absolute atomic E-state index is 12.9. The summed E-state index contributed by atoms with van der Waals surface area (Å²) in [4.78, 5) is 0. The van der Waals surface area contributed by atoms with Crippen LogP contribution in [0.3, 0.4) is 0 Å². The summed E-state index contributed by atoms with van der Waals surface area (Å²) in [6.45, 7) is 14.6. The van der Waals surface area contributed by atoms with Gasteiger partial charge in [-0.1, -0.05) is 59.7 Å². The first kappa shape index (κ1) is 29.4. The summed E-state index contributed by atoms with van der Waals surface area (Å²) in [7, 11) is -5.24. The van der Waals surface area contributed by atoms with Crippen molar-refractivity contribution in [1.82, 2.24) is 19.6 Å². The van der Waals surface area contributed by atoms with Gasteiger partial charge in [-0.15, -0.1) is 0 Å². The number of rotatable bonds is 8. The third-order valence-corrected chi connectivity index (χ3v) is 10.6. The van der Waals surface area contributed by atoms with Crippen LogP contribution in [-0.4, -0.2) is 47.4 Å². The summed E-state index contributed by atoms with van der Waals surface area (Å²) < 4.78 is 59.8. The molecule has 1 aliphatic rings. The largest absolute Gasteiger partial charge is 0.265 e. The fourth-order valence-electron chi connectivity index (χ4n) is 5.24. The zero-order chi connectivity index (χ0) is 30.1. The zero-order valence-corrected chi connectivity index (χ0v) is 26.7. The Hall–Kier alpha value is -3.12. The zero-order valence-electron chi connectivity index (χ0n) is 25.0. The van der Waals surface area contributed by atoms with E-state index in [4.69, 9.17) is 5.10 Å². The lowest BCUT2D eigenvalue weighted by Crippen LogP contribution is -2.18. The van der Waals surface area contributed by atoms with Gasteiger partial charge in [0.2, 0.25) is 20.0 Å². The van der Waals surface area contributed by atoms with Crippen LogP contribution in [0.4, 0.5) is 11.6 Å². The van der Waals surface area contributed by atoms with Gasteiger partial charge in [-0.05, 0) is 59.4 Å². The predicted molar refractivity (Wildman–Crippen MR) is 166 cm³/mol. The molecule has 0 radical (unpaired) electrons. The molecule has 0 atom stereocenters. The number of aryl methyl sites for hydroxylation is 1. The minimum Gasteiger partial charge on any atom is -0.265 e. The van der Waals surface area contributed by atoms with Crippen molar-refractivity contribution in [3.63, 3.8) is 0 Å². The number of sulfonamides is 2. The van der Waals surface area contributed by atoms with Gasteiger partial charge in [0.05, 0.1) is 28.6 Å². The van der Waals surface area contributed by atoms with Crippen molar-refractivity contribution in [2.45, 2.75) is 83.9 Å². The molecule has 5 rings (SSSR count). The van der Waals surface area contributed by atoms with Gasteiger partial charge in [-0.3, -0.25) is 18.8 Å². The molecule has 2 N–H and O–H groups in total. The quantitative estimate of drug-likeness (QED) is 0.285. The van der Waals surface area contributed by atoms with Crippen LogP contribution in [0.2, 0.25) is 0 Å². The van der Waals surface area contributed by atoms with Gasteiger partial charge >= 0.3 is 0 Å². The molecule has 0 aliphatic heterocycles. The van der Waals surface area contributed by atoms with Crippen LogP contribution in [0.1, 0.15) is 78.0 Å². The number of nitrogens with one attached hydrogen (secondary N) is 2. The maximum Gasteiger partial charge on any atom is 0.236 e. The highest BCUT2D eigenvalue weighted by Crippen LogP contribution is 2.38. The molecule has 12 heteroatoms.